The molecule has 0 saturated carbocycles. The van der Waals surface area contributed by atoms with E-state index < -0.39 is 0 Å². The monoisotopic (exact) mass is 601 g/mol. The molecule has 0 aliphatic rings. The minimum atomic E-state index is 0.691. The third-order valence-electron chi connectivity index (χ3n) is 6.25. The highest BCUT2D eigenvalue weighted by Crippen LogP contribution is 2.26. The maximum Gasteiger partial charge on any atom is 0.169 e. The van der Waals surface area contributed by atoms with Crippen molar-refractivity contribution in [2.45, 2.75) is 6.54 Å². The Balaban J connectivity index is 1.36. The first kappa shape index (κ1) is 32.6. The summed E-state index contributed by atoms with van der Waals surface area (Å²) < 4.78 is 13.2. The minimum absolute atomic E-state index is 0.691. The minimum Gasteiger partial charge on any atom is -0.496 e. The van der Waals surface area contributed by atoms with Gasteiger partial charge < -0.3 is 20.1 Å². The summed E-state index contributed by atoms with van der Waals surface area (Å²) in [4.78, 5) is 6.58. The van der Waals surface area contributed by atoms with Crippen LogP contribution in [0.15, 0.2) is 96.3 Å². The number of methoxy groups -OCH3 is 2. The van der Waals surface area contributed by atoms with Crippen LogP contribution in [0.2, 0.25) is 0 Å². The van der Waals surface area contributed by atoms with Crippen molar-refractivity contribution >= 4 is 57.4 Å². The number of aromatic nitrogens is 1. The van der Waals surface area contributed by atoms with Gasteiger partial charge >= 0.3 is 0 Å². The first-order chi connectivity index (χ1) is 20.4. The smallest absolute Gasteiger partial charge is 0.169 e. The average Bonchev–Trinajstić information content (AvgIpc) is 3.01. The molecule has 8 heteroatoms. The number of hydrogen-bond acceptors (Lipinski definition) is 7. The molecule has 0 bridgehead atoms. The summed E-state index contributed by atoms with van der Waals surface area (Å²) in [6.07, 6.45) is 18.1. The standard InChI is InChI=1S/C34H40N4O2S2/c1-6-27(7-9-30-12-14-32(37(2)3)26-34(30)40-5)15-18-36-19-23-41-42-24-22-38-20-16-28(17-21-38)8-10-29-11-13-31(35)25-33(29)39-4/h6-18,20-21,25-26,35H,1,19,22-24H2,2-5H3/p+1/b9-7+,27-15+,36-18+. The molecule has 6 nitrogen and oxygen atoms in total. The lowest BCUT2D eigenvalue weighted by atomic mass is 10.1. The van der Waals surface area contributed by atoms with E-state index in [4.69, 9.17) is 15.2 Å². The van der Waals surface area contributed by atoms with E-state index >= 15 is 0 Å². The van der Waals surface area contributed by atoms with Crippen molar-refractivity contribution in [2.75, 3.05) is 57.0 Å². The third-order valence-corrected chi connectivity index (χ3v) is 8.61. The maximum atomic E-state index is 5.84. The molecule has 0 unspecified atom stereocenters. The fraction of sp³-hybridized carbons (Fsp3) is 0.235. The van der Waals surface area contributed by atoms with E-state index in [0.717, 1.165) is 64.0 Å². The molecule has 0 saturated heterocycles. The molecule has 0 aliphatic heterocycles. The number of anilines is 2. The highest BCUT2D eigenvalue weighted by molar-refractivity contribution is 8.76. The van der Waals surface area contributed by atoms with Crippen molar-refractivity contribution in [3.8, 4) is 11.5 Å². The number of allylic oxidation sites excluding steroid dienone is 4. The predicted octanol–water partition coefficient (Wildman–Crippen LogP) is 7.09. The molecule has 2 N–H and O–H groups in total. The Morgan fingerprint density at radius 3 is 2.33 bits per heavy atom. The predicted molar refractivity (Wildman–Crippen MR) is 186 cm³/mol. The molecule has 2 aromatic carbocycles. The number of nitrogen functional groups attached to an aromatic ring is 1. The van der Waals surface area contributed by atoms with Crippen LogP contribution in [0.4, 0.5) is 11.4 Å². The molecule has 0 aliphatic carbocycles. The molecular formula is C34H41N4O2S2+. The molecule has 220 valence electrons. The molecule has 0 radical (unpaired) electrons. The van der Waals surface area contributed by atoms with Gasteiger partial charge in [-0.05, 0) is 41.5 Å². The summed E-state index contributed by atoms with van der Waals surface area (Å²) in [5, 5.41) is 0. The van der Waals surface area contributed by atoms with Crippen LogP contribution in [0.1, 0.15) is 16.7 Å². The zero-order valence-electron chi connectivity index (χ0n) is 24.9. The summed E-state index contributed by atoms with van der Waals surface area (Å²) in [6.45, 7) is 5.65. The summed E-state index contributed by atoms with van der Waals surface area (Å²) in [5.74, 6) is 3.60. The Kier molecular flexibility index (Phi) is 13.9. The number of nitrogens with two attached hydrogens (primary N) is 1. The van der Waals surface area contributed by atoms with Crippen LogP contribution >= 0.6 is 21.6 Å². The van der Waals surface area contributed by atoms with Crippen LogP contribution in [0.3, 0.4) is 0 Å². The molecule has 1 heterocycles. The van der Waals surface area contributed by atoms with E-state index in [1.165, 1.54) is 0 Å². The fourth-order valence-corrected chi connectivity index (χ4v) is 5.69. The SMILES string of the molecule is C=CC(/C=C/c1ccc(N(C)C)cc1OC)=C\C=N\CCSSCC[n+]1ccc(/C=C/c2ccc(N)cc2OC)cc1. The number of hydrogen-bond donors (Lipinski definition) is 1. The summed E-state index contributed by atoms with van der Waals surface area (Å²) >= 11 is 0. The Morgan fingerprint density at radius 1 is 0.929 bits per heavy atom. The van der Waals surface area contributed by atoms with Crippen molar-refractivity contribution in [3.63, 3.8) is 0 Å². The molecule has 3 aromatic rings. The number of ether oxygens (including phenoxy) is 2. The van der Waals surface area contributed by atoms with Crippen molar-refractivity contribution < 1.29 is 14.0 Å². The first-order valence-corrected chi connectivity index (χ1v) is 16.1. The van der Waals surface area contributed by atoms with Gasteiger partial charge in [0.15, 0.2) is 18.9 Å². The van der Waals surface area contributed by atoms with Crippen molar-refractivity contribution in [3.05, 3.63) is 108 Å². The first-order valence-electron chi connectivity index (χ1n) is 13.6. The van der Waals surface area contributed by atoms with Crippen molar-refractivity contribution in [1.82, 2.24) is 0 Å². The molecule has 0 amide bonds. The van der Waals surface area contributed by atoms with Crippen LogP contribution in [0, 0.1) is 0 Å². The van der Waals surface area contributed by atoms with Gasteiger partial charge in [0.2, 0.25) is 0 Å². The second kappa shape index (κ2) is 17.8. The lowest BCUT2D eigenvalue weighted by Crippen LogP contribution is -2.33. The van der Waals surface area contributed by atoms with Crippen LogP contribution < -0.4 is 24.7 Å². The van der Waals surface area contributed by atoms with Crippen LogP contribution in [0.5, 0.6) is 11.5 Å². The van der Waals surface area contributed by atoms with E-state index in [0.29, 0.717) is 5.69 Å². The van der Waals surface area contributed by atoms with Gasteiger partial charge in [-0.2, -0.15) is 0 Å². The normalized spacial score (nSPS) is 12.0. The molecule has 0 spiro atoms. The molecule has 3 rings (SSSR count). The van der Waals surface area contributed by atoms with Gasteiger partial charge in [-0.3, -0.25) is 4.99 Å². The van der Waals surface area contributed by atoms with Gasteiger partial charge in [0.05, 0.1) is 20.0 Å². The zero-order chi connectivity index (χ0) is 30.2. The largest absolute Gasteiger partial charge is 0.496 e. The molecule has 0 fully saturated rings. The lowest BCUT2D eigenvalue weighted by molar-refractivity contribution is -0.692. The van der Waals surface area contributed by atoms with Gasteiger partial charge in [0.1, 0.15) is 11.5 Å². The number of nitrogens with zero attached hydrogens (tertiary/aromatic N) is 3. The summed E-state index contributed by atoms with van der Waals surface area (Å²) in [7, 11) is 11.1. The maximum absolute atomic E-state index is 5.84. The van der Waals surface area contributed by atoms with Crippen LogP contribution in [-0.4, -0.2) is 52.6 Å². The second-order valence-corrected chi connectivity index (χ2v) is 12.1. The second-order valence-electron chi connectivity index (χ2n) is 9.43. The zero-order valence-corrected chi connectivity index (χ0v) is 26.5. The Labute approximate surface area is 258 Å². The quantitative estimate of drug-likeness (QED) is 0.0473. The Hall–Kier alpha value is -3.88. The third kappa shape index (κ3) is 10.8. The number of rotatable bonds is 16. The molecule has 1 aromatic heterocycles. The number of pyridine rings is 1. The topological polar surface area (TPSA) is 64.0 Å². The van der Waals surface area contributed by atoms with E-state index in [1.54, 1.807) is 14.2 Å². The molecule has 0 atom stereocenters. The van der Waals surface area contributed by atoms with Gasteiger partial charge in [0.25, 0.3) is 0 Å². The summed E-state index contributed by atoms with van der Waals surface area (Å²) in [5.41, 5.74) is 11.8. The fourth-order valence-electron chi connectivity index (χ4n) is 3.84. The van der Waals surface area contributed by atoms with E-state index in [9.17, 15) is 0 Å². The van der Waals surface area contributed by atoms with Crippen molar-refractivity contribution in [1.29, 1.82) is 0 Å². The van der Waals surface area contributed by atoms with E-state index in [-0.39, 0.29) is 0 Å². The average molecular weight is 602 g/mol. The Morgan fingerprint density at radius 2 is 1.62 bits per heavy atom. The molecular weight excluding hydrogens is 561 g/mol. The summed E-state index contributed by atoms with van der Waals surface area (Å²) in [6, 6.07) is 16.1. The van der Waals surface area contributed by atoms with Crippen LogP contribution in [-0.2, 0) is 6.54 Å². The number of aliphatic imine (C=N–C) groups is 1. The van der Waals surface area contributed by atoms with E-state index in [1.807, 2.05) is 96.5 Å². The van der Waals surface area contributed by atoms with Crippen LogP contribution in [0.25, 0.3) is 18.2 Å². The highest BCUT2D eigenvalue weighted by atomic mass is 33.1. The van der Waals surface area contributed by atoms with E-state index in [2.05, 4.69) is 63.8 Å². The highest BCUT2D eigenvalue weighted by Gasteiger charge is 2.04. The van der Waals surface area contributed by atoms with Gasteiger partial charge in [0, 0.05) is 79.4 Å². The van der Waals surface area contributed by atoms with Crippen molar-refractivity contribution in [2.24, 2.45) is 4.99 Å². The molecule has 42 heavy (non-hydrogen) atoms. The lowest BCUT2D eigenvalue weighted by Gasteiger charge is -2.14. The van der Waals surface area contributed by atoms with Gasteiger partial charge in [-0.25, -0.2) is 4.57 Å². The van der Waals surface area contributed by atoms with Gasteiger partial charge in [-0.15, -0.1) is 0 Å². The number of aryl methyl sites for hydroxylation is 1. The van der Waals surface area contributed by atoms with Gasteiger partial charge in [-0.1, -0.05) is 58.5 Å². The Bertz CT molecular complexity index is 1410. The number of benzene rings is 2.